The van der Waals surface area contributed by atoms with Crippen LogP contribution in [0.1, 0.15) is 10.5 Å². The molecule has 0 saturated carbocycles. The van der Waals surface area contributed by atoms with Gasteiger partial charge in [0.2, 0.25) is 0 Å². The summed E-state index contributed by atoms with van der Waals surface area (Å²) in [5.41, 5.74) is 3.36. The average Bonchev–Trinajstić information content (AvgIpc) is 3.05. The number of amides is 2. The van der Waals surface area contributed by atoms with Crippen molar-refractivity contribution in [1.82, 2.24) is 4.57 Å². The number of benzene rings is 2. The maximum Gasteiger partial charge on any atom is 0.272 e. The van der Waals surface area contributed by atoms with Gasteiger partial charge in [0.15, 0.2) is 6.61 Å². The molecule has 0 unspecified atom stereocenters. The van der Waals surface area contributed by atoms with Crippen molar-refractivity contribution in [3.05, 3.63) is 65.3 Å². The van der Waals surface area contributed by atoms with Crippen LogP contribution >= 0.6 is 11.6 Å². The Morgan fingerprint density at radius 3 is 2.74 bits per heavy atom. The first-order chi connectivity index (χ1) is 13.0. The molecular formula is C20H16ClN3O3. The number of rotatable bonds is 3. The molecule has 2 heterocycles. The Bertz CT molecular complexity index is 1040. The fourth-order valence-electron chi connectivity index (χ4n) is 3.02. The lowest BCUT2D eigenvalue weighted by atomic mass is 10.2. The van der Waals surface area contributed by atoms with Gasteiger partial charge in [-0.1, -0.05) is 41.9 Å². The van der Waals surface area contributed by atoms with E-state index in [1.807, 2.05) is 48.0 Å². The van der Waals surface area contributed by atoms with E-state index in [9.17, 15) is 9.59 Å². The summed E-state index contributed by atoms with van der Waals surface area (Å²) in [5.74, 6) is -0.0693. The van der Waals surface area contributed by atoms with Crippen LogP contribution in [0.5, 0.6) is 5.75 Å². The monoisotopic (exact) mass is 381 g/mol. The normalized spacial score (nSPS) is 12.7. The smallest absolute Gasteiger partial charge is 0.272 e. The zero-order valence-corrected chi connectivity index (χ0v) is 15.2. The Morgan fingerprint density at radius 1 is 1.19 bits per heavy atom. The fourth-order valence-corrected chi connectivity index (χ4v) is 3.23. The van der Waals surface area contributed by atoms with Gasteiger partial charge < -0.3 is 19.9 Å². The van der Waals surface area contributed by atoms with Gasteiger partial charge in [-0.3, -0.25) is 9.59 Å². The number of hydrogen-bond donors (Lipinski definition) is 2. The van der Waals surface area contributed by atoms with Gasteiger partial charge >= 0.3 is 0 Å². The first-order valence-corrected chi connectivity index (χ1v) is 8.69. The Morgan fingerprint density at radius 2 is 1.96 bits per heavy atom. The van der Waals surface area contributed by atoms with E-state index in [1.165, 1.54) is 0 Å². The second-order valence-electron chi connectivity index (χ2n) is 6.15. The molecule has 2 N–H and O–H groups in total. The molecule has 6 nitrogen and oxygen atoms in total. The molecule has 0 aliphatic carbocycles. The number of nitrogens with one attached hydrogen (secondary N) is 2. The topological polar surface area (TPSA) is 72.4 Å². The summed E-state index contributed by atoms with van der Waals surface area (Å²) >= 11 is 6.25. The van der Waals surface area contributed by atoms with Crippen molar-refractivity contribution in [3.8, 4) is 17.0 Å². The van der Waals surface area contributed by atoms with Gasteiger partial charge in [0.1, 0.15) is 11.4 Å². The van der Waals surface area contributed by atoms with Crippen LogP contribution in [0.4, 0.5) is 11.4 Å². The maximum atomic E-state index is 12.8. The highest BCUT2D eigenvalue weighted by Crippen LogP contribution is 2.36. The third-order valence-electron chi connectivity index (χ3n) is 4.37. The van der Waals surface area contributed by atoms with Crippen molar-refractivity contribution in [3.63, 3.8) is 0 Å². The van der Waals surface area contributed by atoms with Crippen LogP contribution in [0.25, 0.3) is 11.3 Å². The van der Waals surface area contributed by atoms with Crippen molar-refractivity contribution in [2.45, 2.75) is 0 Å². The maximum absolute atomic E-state index is 12.8. The minimum absolute atomic E-state index is 0.0692. The van der Waals surface area contributed by atoms with Gasteiger partial charge in [-0.25, -0.2) is 0 Å². The lowest BCUT2D eigenvalue weighted by molar-refractivity contribution is -0.118. The molecule has 2 aromatic carbocycles. The first-order valence-electron chi connectivity index (χ1n) is 8.31. The third-order valence-corrected chi connectivity index (χ3v) is 4.69. The van der Waals surface area contributed by atoms with E-state index in [2.05, 4.69) is 10.6 Å². The summed E-state index contributed by atoms with van der Waals surface area (Å²) in [6.45, 7) is -0.0692. The summed E-state index contributed by atoms with van der Waals surface area (Å²) in [6, 6.07) is 16.7. The summed E-state index contributed by atoms with van der Waals surface area (Å²) in [5, 5.41) is 5.80. The highest BCUT2D eigenvalue weighted by atomic mass is 35.5. The van der Waals surface area contributed by atoms with Crippen LogP contribution in [0.15, 0.2) is 54.6 Å². The van der Waals surface area contributed by atoms with Gasteiger partial charge in [-0.2, -0.15) is 0 Å². The number of halogens is 1. The molecular weight excluding hydrogens is 366 g/mol. The highest BCUT2D eigenvalue weighted by molar-refractivity contribution is 6.34. The van der Waals surface area contributed by atoms with Crippen molar-refractivity contribution >= 4 is 34.8 Å². The SMILES string of the molecule is Cn1c(C(=O)Nc2cc3c(cc2Cl)NC(=O)CO3)ccc1-c1ccccc1. The summed E-state index contributed by atoms with van der Waals surface area (Å²) < 4.78 is 7.20. The number of fused-ring (bicyclic) bond motifs is 1. The van der Waals surface area contributed by atoms with E-state index in [0.29, 0.717) is 27.8 Å². The van der Waals surface area contributed by atoms with Gasteiger partial charge in [0.05, 0.1) is 16.4 Å². The molecule has 7 heteroatoms. The van der Waals surface area contributed by atoms with E-state index in [1.54, 1.807) is 18.2 Å². The first kappa shape index (κ1) is 17.2. The standard InChI is InChI=1S/C20H16ClN3O3/c1-24-16(12-5-3-2-4-6-12)7-8-17(24)20(26)23-14-10-18-15(9-13(14)21)22-19(25)11-27-18/h2-10H,11H2,1H3,(H,22,25)(H,23,26). The summed E-state index contributed by atoms with van der Waals surface area (Å²) in [7, 11) is 1.84. The number of ether oxygens (including phenoxy) is 1. The number of nitrogens with zero attached hydrogens (tertiary/aromatic N) is 1. The Kier molecular flexibility index (Phi) is 4.33. The van der Waals surface area contributed by atoms with Crippen LogP contribution in [-0.2, 0) is 11.8 Å². The Hall–Kier alpha value is -3.25. The van der Waals surface area contributed by atoms with Gasteiger partial charge in [0, 0.05) is 18.8 Å². The minimum atomic E-state index is -0.290. The quantitative estimate of drug-likeness (QED) is 0.722. The minimum Gasteiger partial charge on any atom is -0.482 e. The number of carbonyl (C=O) groups is 2. The predicted octanol–water partition coefficient (Wildman–Crippen LogP) is 3.93. The Labute approximate surface area is 160 Å². The molecule has 136 valence electrons. The van der Waals surface area contributed by atoms with E-state index in [4.69, 9.17) is 16.3 Å². The van der Waals surface area contributed by atoms with Crippen LogP contribution in [-0.4, -0.2) is 23.0 Å². The molecule has 0 fully saturated rings. The molecule has 27 heavy (non-hydrogen) atoms. The highest BCUT2D eigenvalue weighted by Gasteiger charge is 2.20. The van der Waals surface area contributed by atoms with Crippen molar-refractivity contribution in [1.29, 1.82) is 0 Å². The molecule has 2 amide bonds. The molecule has 0 spiro atoms. The van der Waals surface area contributed by atoms with Crippen molar-refractivity contribution in [2.75, 3.05) is 17.2 Å². The summed E-state index contributed by atoms with van der Waals surface area (Å²) in [4.78, 5) is 24.1. The van der Waals surface area contributed by atoms with E-state index < -0.39 is 0 Å². The fraction of sp³-hybridized carbons (Fsp3) is 0.100. The van der Waals surface area contributed by atoms with Crippen LogP contribution < -0.4 is 15.4 Å². The third kappa shape index (κ3) is 3.27. The zero-order valence-electron chi connectivity index (χ0n) is 14.5. The molecule has 1 aliphatic heterocycles. The van der Waals surface area contributed by atoms with Crippen molar-refractivity contribution in [2.24, 2.45) is 7.05 Å². The number of carbonyl (C=O) groups excluding carboxylic acids is 2. The van der Waals surface area contributed by atoms with E-state index >= 15 is 0 Å². The second kappa shape index (κ2) is 6.81. The number of hydrogen-bond acceptors (Lipinski definition) is 3. The number of anilines is 2. The molecule has 4 rings (SSSR count). The predicted molar refractivity (Wildman–Crippen MR) is 104 cm³/mol. The number of aromatic nitrogens is 1. The van der Waals surface area contributed by atoms with Gasteiger partial charge in [0.25, 0.3) is 11.8 Å². The van der Waals surface area contributed by atoms with Crippen molar-refractivity contribution < 1.29 is 14.3 Å². The van der Waals surface area contributed by atoms with E-state index in [-0.39, 0.29) is 18.4 Å². The van der Waals surface area contributed by atoms with Gasteiger partial charge in [-0.05, 0) is 23.8 Å². The second-order valence-corrected chi connectivity index (χ2v) is 6.56. The molecule has 0 saturated heterocycles. The molecule has 1 aromatic heterocycles. The lowest BCUT2D eigenvalue weighted by Crippen LogP contribution is -2.25. The molecule has 0 radical (unpaired) electrons. The van der Waals surface area contributed by atoms with Crippen LogP contribution in [0.2, 0.25) is 5.02 Å². The average molecular weight is 382 g/mol. The molecule has 0 atom stereocenters. The summed E-state index contributed by atoms with van der Waals surface area (Å²) in [6.07, 6.45) is 0. The van der Waals surface area contributed by atoms with Crippen LogP contribution in [0.3, 0.4) is 0 Å². The van der Waals surface area contributed by atoms with Crippen LogP contribution in [0, 0.1) is 0 Å². The molecule has 1 aliphatic rings. The lowest BCUT2D eigenvalue weighted by Gasteiger charge is -2.19. The Balaban J connectivity index is 1.60. The molecule has 3 aromatic rings. The zero-order chi connectivity index (χ0) is 19.0. The van der Waals surface area contributed by atoms with E-state index in [0.717, 1.165) is 11.3 Å². The largest absolute Gasteiger partial charge is 0.482 e. The van der Waals surface area contributed by atoms with Gasteiger partial charge in [-0.15, -0.1) is 0 Å². The molecule has 0 bridgehead atoms.